The van der Waals surface area contributed by atoms with E-state index in [1.54, 1.807) is 13.8 Å². The molecule has 14 heavy (non-hydrogen) atoms. The standard InChI is InChI=1S/C8H16NO4P/c1-3-12-14(11,13-4-2)6-7-5-8(10)9-7/h7H,3-6H2,1-2H3,(H,9,10). The van der Waals surface area contributed by atoms with Crippen molar-refractivity contribution in [2.24, 2.45) is 0 Å². The van der Waals surface area contributed by atoms with Gasteiger partial charge in [0, 0.05) is 12.5 Å². The van der Waals surface area contributed by atoms with E-state index in [9.17, 15) is 9.36 Å². The average Bonchev–Trinajstić information content (AvgIpc) is 2.02. The second-order valence-corrected chi connectivity index (χ2v) is 5.20. The van der Waals surface area contributed by atoms with E-state index in [-0.39, 0.29) is 18.1 Å². The monoisotopic (exact) mass is 221 g/mol. The molecule has 1 fully saturated rings. The first kappa shape index (κ1) is 11.7. The van der Waals surface area contributed by atoms with Crippen LogP contribution in [0.3, 0.4) is 0 Å². The van der Waals surface area contributed by atoms with Crippen molar-refractivity contribution < 1.29 is 18.4 Å². The predicted molar refractivity (Wildman–Crippen MR) is 52.3 cm³/mol. The first-order valence-corrected chi connectivity index (χ1v) is 6.50. The van der Waals surface area contributed by atoms with Gasteiger partial charge in [0.1, 0.15) is 0 Å². The van der Waals surface area contributed by atoms with Gasteiger partial charge in [0.2, 0.25) is 5.91 Å². The van der Waals surface area contributed by atoms with Gasteiger partial charge in [-0.05, 0) is 13.8 Å². The summed E-state index contributed by atoms with van der Waals surface area (Å²) < 4.78 is 22.1. The van der Waals surface area contributed by atoms with Gasteiger partial charge in [0.05, 0.1) is 19.4 Å². The zero-order valence-corrected chi connectivity index (χ0v) is 9.38. The number of nitrogens with one attached hydrogen (secondary N) is 1. The molecule has 1 unspecified atom stereocenters. The minimum absolute atomic E-state index is 0.00505. The van der Waals surface area contributed by atoms with Crippen LogP contribution in [-0.2, 0) is 18.4 Å². The lowest BCUT2D eigenvalue weighted by Gasteiger charge is -2.29. The molecule has 1 aliphatic rings. The number of carbonyl (C=O) groups excluding carboxylic acids is 1. The van der Waals surface area contributed by atoms with Gasteiger partial charge in [-0.3, -0.25) is 9.36 Å². The number of β-lactam (4-membered cyclic amide) rings is 1. The molecule has 5 nitrogen and oxygen atoms in total. The Morgan fingerprint density at radius 1 is 1.43 bits per heavy atom. The molecule has 0 bridgehead atoms. The van der Waals surface area contributed by atoms with Gasteiger partial charge in [0.25, 0.3) is 0 Å². The van der Waals surface area contributed by atoms with E-state index in [4.69, 9.17) is 9.05 Å². The van der Waals surface area contributed by atoms with Crippen LogP contribution in [0.25, 0.3) is 0 Å². The van der Waals surface area contributed by atoms with E-state index in [1.807, 2.05) is 0 Å². The summed E-state index contributed by atoms with van der Waals surface area (Å²) in [5.74, 6) is -0.00505. The molecule has 0 aromatic carbocycles. The second-order valence-electron chi connectivity index (χ2n) is 3.10. The van der Waals surface area contributed by atoms with Gasteiger partial charge in [0.15, 0.2) is 0 Å². The summed E-state index contributed by atoms with van der Waals surface area (Å²) in [7, 11) is -2.98. The van der Waals surface area contributed by atoms with Gasteiger partial charge in [-0.15, -0.1) is 0 Å². The number of hydrogen-bond acceptors (Lipinski definition) is 4. The van der Waals surface area contributed by atoms with Crippen LogP contribution in [0.15, 0.2) is 0 Å². The van der Waals surface area contributed by atoms with E-state index >= 15 is 0 Å². The lowest BCUT2D eigenvalue weighted by atomic mass is 10.1. The Bertz CT molecular complexity index is 238. The molecule has 1 heterocycles. The molecule has 1 rings (SSSR count). The Labute approximate surface area is 83.7 Å². The molecule has 1 aliphatic heterocycles. The maximum atomic E-state index is 11.9. The largest absolute Gasteiger partial charge is 0.352 e. The molecule has 0 spiro atoms. The van der Waals surface area contributed by atoms with Crippen LogP contribution in [0.2, 0.25) is 0 Å². The van der Waals surface area contributed by atoms with Crippen molar-refractivity contribution in [2.45, 2.75) is 26.3 Å². The fourth-order valence-corrected chi connectivity index (χ4v) is 3.18. The van der Waals surface area contributed by atoms with E-state index < -0.39 is 7.60 Å². The number of carbonyl (C=O) groups is 1. The highest BCUT2D eigenvalue weighted by atomic mass is 31.2. The van der Waals surface area contributed by atoms with Gasteiger partial charge in [-0.25, -0.2) is 0 Å². The lowest BCUT2D eigenvalue weighted by molar-refractivity contribution is -0.127. The molecule has 1 N–H and O–H groups in total. The third kappa shape index (κ3) is 3.08. The van der Waals surface area contributed by atoms with Crippen molar-refractivity contribution in [3.63, 3.8) is 0 Å². The molecule has 1 saturated heterocycles. The van der Waals surface area contributed by atoms with E-state index in [2.05, 4.69) is 5.32 Å². The summed E-state index contributed by atoms with van der Waals surface area (Å²) in [6.07, 6.45) is 0.699. The van der Waals surface area contributed by atoms with Crippen molar-refractivity contribution in [3.8, 4) is 0 Å². The fourth-order valence-electron chi connectivity index (χ4n) is 1.35. The number of rotatable bonds is 6. The molecule has 6 heteroatoms. The quantitative estimate of drug-likeness (QED) is 0.539. The minimum atomic E-state index is -2.98. The van der Waals surface area contributed by atoms with Crippen LogP contribution in [0.5, 0.6) is 0 Å². The third-order valence-corrected chi connectivity index (χ3v) is 4.08. The smallest absolute Gasteiger partial charge is 0.332 e. The number of hydrogen-bond donors (Lipinski definition) is 1. The maximum Gasteiger partial charge on any atom is 0.332 e. The van der Waals surface area contributed by atoms with Crippen LogP contribution in [0.1, 0.15) is 20.3 Å². The Kier molecular flexibility index (Phi) is 4.11. The summed E-state index contributed by atoms with van der Waals surface area (Å²) in [6.45, 7) is 4.26. The van der Waals surface area contributed by atoms with E-state index in [0.717, 1.165) is 0 Å². The van der Waals surface area contributed by atoms with Gasteiger partial charge < -0.3 is 14.4 Å². The molecular weight excluding hydrogens is 205 g/mol. The molecule has 1 amide bonds. The van der Waals surface area contributed by atoms with Crippen molar-refractivity contribution in [2.75, 3.05) is 19.4 Å². The molecular formula is C8H16NO4P. The first-order chi connectivity index (χ1) is 6.59. The maximum absolute atomic E-state index is 11.9. The van der Waals surface area contributed by atoms with Crippen LogP contribution >= 0.6 is 7.60 Å². The topological polar surface area (TPSA) is 64.6 Å². The molecule has 1 atom stereocenters. The van der Waals surface area contributed by atoms with Gasteiger partial charge in [-0.2, -0.15) is 0 Å². The lowest BCUT2D eigenvalue weighted by Crippen LogP contribution is -2.50. The van der Waals surface area contributed by atoms with Crippen LogP contribution in [-0.4, -0.2) is 31.3 Å². The van der Waals surface area contributed by atoms with Crippen molar-refractivity contribution in [1.82, 2.24) is 5.32 Å². The Morgan fingerprint density at radius 2 is 1.93 bits per heavy atom. The molecule has 0 aromatic rings. The summed E-state index contributed by atoms with van der Waals surface area (Å²) in [5.41, 5.74) is 0. The highest BCUT2D eigenvalue weighted by Crippen LogP contribution is 2.49. The normalized spacial score (nSPS) is 21.6. The SMILES string of the molecule is CCOP(=O)(CC1CC(=O)N1)OCC. The van der Waals surface area contributed by atoms with Crippen molar-refractivity contribution in [1.29, 1.82) is 0 Å². The zero-order chi connectivity index (χ0) is 10.6. The highest BCUT2D eigenvalue weighted by Gasteiger charge is 2.35. The minimum Gasteiger partial charge on any atom is -0.352 e. The third-order valence-electron chi connectivity index (χ3n) is 1.89. The Morgan fingerprint density at radius 3 is 2.29 bits per heavy atom. The van der Waals surface area contributed by atoms with Crippen molar-refractivity contribution in [3.05, 3.63) is 0 Å². The number of amides is 1. The van der Waals surface area contributed by atoms with Gasteiger partial charge >= 0.3 is 7.60 Å². The first-order valence-electron chi connectivity index (χ1n) is 4.77. The summed E-state index contributed by atoms with van der Waals surface area (Å²) in [4.78, 5) is 10.6. The molecule has 0 aromatic heterocycles. The van der Waals surface area contributed by atoms with E-state index in [1.165, 1.54) is 0 Å². The summed E-state index contributed by atoms with van der Waals surface area (Å²) in [6, 6.07) is -0.0496. The molecule has 82 valence electrons. The summed E-state index contributed by atoms with van der Waals surface area (Å²) in [5, 5.41) is 2.64. The molecule has 0 radical (unpaired) electrons. The Hall–Kier alpha value is -0.380. The zero-order valence-electron chi connectivity index (χ0n) is 8.49. The Balaban J connectivity index is 2.42. The highest BCUT2D eigenvalue weighted by molar-refractivity contribution is 7.53. The van der Waals surface area contributed by atoms with Crippen LogP contribution < -0.4 is 5.32 Å². The van der Waals surface area contributed by atoms with Crippen molar-refractivity contribution >= 4 is 13.5 Å². The summed E-state index contributed by atoms with van der Waals surface area (Å²) >= 11 is 0. The predicted octanol–water partition coefficient (Wildman–Crippen LogP) is 1.14. The van der Waals surface area contributed by atoms with E-state index in [0.29, 0.717) is 19.6 Å². The second kappa shape index (κ2) is 4.91. The fraction of sp³-hybridized carbons (Fsp3) is 0.875. The molecule has 0 saturated carbocycles. The van der Waals surface area contributed by atoms with Crippen LogP contribution in [0, 0.1) is 0 Å². The molecule has 0 aliphatic carbocycles. The average molecular weight is 221 g/mol. The van der Waals surface area contributed by atoms with Crippen LogP contribution in [0.4, 0.5) is 0 Å². The van der Waals surface area contributed by atoms with Gasteiger partial charge in [-0.1, -0.05) is 0 Å².